The fourth-order valence-corrected chi connectivity index (χ4v) is 2.96. The highest BCUT2D eigenvalue weighted by atomic mass is 19.3. The molecule has 0 spiro atoms. The van der Waals surface area contributed by atoms with Crippen LogP contribution in [0.4, 0.5) is 8.78 Å². The predicted molar refractivity (Wildman–Crippen MR) is 61.7 cm³/mol. The Morgan fingerprint density at radius 3 is 2.29 bits per heavy atom. The highest BCUT2D eigenvalue weighted by Crippen LogP contribution is 2.41. The summed E-state index contributed by atoms with van der Waals surface area (Å²) >= 11 is 0. The number of hydrogen-bond donors (Lipinski definition) is 1. The van der Waals surface area contributed by atoms with Gasteiger partial charge in [0.05, 0.1) is 6.07 Å². The second-order valence-electron chi connectivity index (χ2n) is 6.05. The molecule has 2 aliphatic rings. The molecule has 2 nitrogen and oxygen atoms in total. The van der Waals surface area contributed by atoms with Gasteiger partial charge in [-0.25, -0.2) is 8.78 Å². The van der Waals surface area contributed by atoms with Crippen LogP contribution >= 0.6 is 0 Å². The van der Waals surface area contributed by atoms with Gasteiger partial charge in [-0.15, -0.1) is 0 Å². The number of hydrogen-bond acceptors (Lipinski definition) is 2. The Balaban J connectivity index is 1.72. The fourth-order valence-electron chi connectivity index (χ4n) is 2.96. The minimum atomic E-state index is -2.43. The Labute approximate surface area is 101 Å². The summed E-state index contributed by atoms with van der Waals surface area (Å²) in [5.41, 5.74) is 0.149. The molecule has 17 heavy (non-hydrogen) atoms. The highest BCUT2D eigenvalue weighted by molar-refractivity contribution is 4.96. The maximum atomic E-state index is 12.7. The van der Waals surface area contributed by atoms with E-state index in [4.69, 9.17) is 5.26 Å². The maximum Gasteiger partial charge on any atom is 0.251 e. The minimum Gasteiger partial charge on any atom is -0.311 e. The first-order valence-electron chi connectivity index (χ1n) is 6.43. The monoisotopic (exact) mass is 242 g/mol. The number of alkyl halides is 2. The van der Waals surface area contributed by atoms with Gasteiger partial charge in [0.1, 0.15) is 0 Å². The van der Waals surface area contributed by atoms with Crippen molar-refractivity contribution >= 4 is 0 Å². The van der Waals surface area contributed by atoms with Crippen LogP contribution in [-0.2, 0) is 0 Å². The average molecular weight is 242 g/mol. The SMILES string of the molecule is CC1(CC#N)CCC(NC2CC(F)(F)C2)CC1. The molecule has 0 bridgehead atoms. The molecule has 4 heteroatoms. The van der Waals surface area contributed by atoms with Crippen LogP contribution in [0.2, 0.25) is 0 Å². The van der Waals surface area contributed by atoms with E-state index < -0.39 is 5.92 Å². The summed E-state index contributed by atoms with van der Waals surface area (Å²) in [6.07, 6.45) is 4.70. The molecular weight excluding hydrogens is 222 g/mol. The van der Waals surface area contributed by atoms with E-state index in [-0.39, 0.29) is 24.3 Å². The molecular formula is C13H20F2N2. The summed E-state index contributed by atoms with van der Waals surface area (Å²) in [6, 6.07) is 2.63. The predicted octanol–water partition coefficient (Wildman–Crippen LogP) is 3.24. The van der Waals surface area contributed by atoms with Crippen molar-refractivity contribution in [3.8, 4) is 6.07 Å². The third-order valence-corrected chi connectivity index (χ3v) is 4.26. The third kappa shape index (κ3) is 3.16. The first kappa shape index (κ1) is 12.8. The Morgan fingerprint density at radius 2 is 1.82 bits per heavy atom. The van der Waals surface area contributed by atoms with Crippen LogP contribution in [0.3, 0.4) is 0 Å². The van der Waals surface area contributed by atoms with E-state index >= 15 is 0 Å². The van der Waals surface area contributed by atoms with E-state index in [1.54, 1.807) is 0 Å². The van der Waals surface area contributed by atoms with E-state index in [1.807, 2.05) is 0 Å². The van der Waals surface area contributed by atoms with Crippen LogP contribution in [0.25, 0.3) is 0 Å². The Morgan fingerprint density at radius 1 is 1.24 bits per heavy atom. The first-order valence-corrected chi connectivity index (χ1v) is 6.43. The van der Waals surface area contributed by atoms with Crippen molar-refractivity contribution in [2.45, 2.75) is 69.9 Å². The number of halogens is 2. The van der Waals surface area contributed by atoms with Crippen molar-refractivity contribution in [1.82, 2.24) is 5.32 Å². The molecule has 0 saturated heterocycles. The van der Waals surface area contributed by atoms with Crippen LogP contribution in [-0.4, -0.2) is 18.0 Å². The number of rotatable bonds is 3. The second kappa shape index (κ2) is 4.53. The molecule has 0 radical (unpaired) electrons. The number of nitrogens with zero attached hydrogens (tertiary/aromatic N) is 1. The van der Waals surface area contributed by atoms with Gasteiger partial charge in [0.2, 0.25) is 0 Å². The molecule has 0 aromatic rings. The normalized spacial score (nSPS) is 37.2. The summed E-state index contributed by atoms with van der Waals surface area (Å²) in [5, 5.41) is 12.1. The quantitative estimate of drug-likeness (QED) is 0.824. The van der Waals surface area contributed by atoms with Gasteiger partial charge < -0.3 is 5.32 Å². The standard InChI is InChI=1S/C13H20F2N2/c1-12(6-7-16)4-2-10(3-5-12)17-11-8-13(14,15)9-11/h10-11,17H,2-6,8-9H2,1H3. The largest absolute Gasteiger partial charge is 0.311 e. The van der Waals surface area contributed by atoms with Gasteiger partial charge in [0.15, 0.2) is 0 Å². The van der Waals surface area contributed by atoms with Crippen molar-refractivity contribution in [3.63, 3.8) is 0 Å². The van der Waals surface area contributed by atoms with Gasteiger partial charge in [-0.2, -0.15) is 5.26 Å². The summed E-state index contributed by atoms with van der Waals surface area (Å²) < 4.78 is 25.4. The smallest absolute Gasteiger partial charge is 0.251 e. The molecule has 0 aromatic heterocycles. The second-order valence-corrected chi connectivity index (χ2v) is 6.05. The van der Waals surface area contributed by atoms with Gasteiger partial charge in [-0.1, -0.05) is 6.92 Å². The molecule has 0 amide bonds. The van der Waals surface area contributed by atoms with Gasteiger partial charge in [-0.05, 0) is 31.1 Å². The van der Waals surface area contributed by atoms with Crippen LogP contribution in [0.15, 0.2) is 0 Å². The van der Waals surface area contributed by atoms with Crippen LogP contribution in [0, 0.1) is 16.7 Å². The van der Waals surface area contributed by atoms with Gasteiger partial charge >= 0.3 is 0 Å². The molecule has 2 fully saturated rings. The summed E-state index contributed by atoms with van der Waals surface area (Å²) in [5.74, 6) is -2.43. The van der Waals surface area contributed by atoms with Crippen molar-refractivity contribution in [1.29, 1.82) is 5.26 Å². The Kier molecular flexibility index (Phi) is 3.40. The third-order valence-electron chi connectivity index (χ3n) is 4.26. The van der Waals surface area contributed by atoms with Crippen molar-refractivity contribution in [2.24, 2.45) is 5.41 Å². The fraction of sp³-hybridized carbons (Fsp3) is 0.923. The maximum absolute atomic E-state index is 12.7. The van der Waals surface area contributed by atoms with E-state index in [2.05, 4.69) is 18.3 Å². The van der Waals surface area contributed by atoms with E-state index in [0.29, 0.717) is 12.5 Å². The summed E-state index contributed by atoms with van der Waals surface area (Å²) in [4.78, 5) is 0. The number of nitrogens with one attached hydrogen (secondary N) is 1. The lowest BCUT2D eigenvalue weighted by Crippen LogP contribution is -2.52. The summed E-state index contributed by atoms with van der Waals surface area (Å²) in [6.45, 7) is 2.16. The zero-order valence-electron chi connectivity index (χ0n) is 10.3. The molecule has 0 aromatic carbocycles. The molecule has 0 atom stereocenters. The van der Waals surface area contributed by atoms with Crippen LogP contribution in [0.5, 0.6) is 0 Å². The Hall–Kier alpha value is -0.690. The summed E-state index contributed by atoms with van der Waals surface area (Å²) in [7, 11) is 0. The zero-order chi connectivity index (χ0) is 12.5. The molecule has 2 aliphatic carbocycles. The molecule has 2 saturated carbocycles. The first-order chi connectivity index (χ1) is 7.92. The molecule has 0 heterocycles. The van der Waals surface area contributed by atoms with E-state index in [1.165, 1.54) is 0 Å². The Bertz CT molecular complexity index is 306. The molecule has 2 rings (SSSR count). The molecule has 96 valence electrons. The van der Waals surface area contributed by atoms with E-state index in [0.717, 1.165) is 25.7 Å². The lowest BCUT2D eigenvalue weighted by Gasteiger charge is -2.42. The lowest BCUT2D eigenvalue weighted by atomic mass is 9.72. The topological polar surface area (TPSA) is 35.8 Å². The number of nitriles is 1. The molecule has 1 N–H and O–H groups in total. The van der Waals surface area contributed by atoms with Gasteiger partial charge in [0.25, 0.3) is 5.92 Å². The van der Waals surface area contributed by atoms with Crippen molar-refractivity contribution in [3.05, 3.63) is 0 Å². The van der Waals surface area contributed by atoms with E-state index in [9.17, 15) is 8.78 Å². The molecule has 0 unspecified atom stereocenters. The zero-order valence-corrected chi connectivity index (χ0v) is 10.3. The highest BCUT2D eigenvalue weighted by Gasteiger charge is 2.46. The van der Waals surface area contributed by atoms with Crippen LogP contribution < -0.4 is 5.32 Å². The van der Waals surface area contributed by atoms with Crippen LogP contribution in [0.1, 0.15) is 51.9 Å². The van der Waals surface area contributed by atoms with Crippen molar-refractivity contribution in [2.75, 3.05) is 0 Å². The molecule has 0 aliphatic heterocycles. The minimum absolute atomic E-state index is 0.00103. The lowest BCUT2D eigenvalue weighted by molar-refractivity contribution is -0.0960. The van der Waals surface area contributed by atoms with Crippen molar-refractivity contribution < 1.29 is 8.78 Å². The van der Waals surface area contributed by atoms with Gasteiger partial charge in [0, 0.05) is 31.3 Å². The average Bonchev–Trinajstić information content (AvgIpc) is 2.19. The van der Waals surface area contributed by atoms with Gasteiger partial charge in [-0.3, -0.25) is 0 Å².